The van der Waals surface area contributed by atoms with E-state index in [-0.39, 0.29) is 25.0 Å². The van der Waals surface area contributed by atoms with Crippen molar-refractivity contribution in [3.63, 3.8) is 0 Å². The first-order valence-corrected chi connectivity index (χ1v) is 12.7. The van der Waals surface area contributed by atoms with Crippen molar-refractivity contribution in [3.05, 3.63) is 29.8 Å². The molecule has 166 valence electrons. The number of nitrogens with zero attached hydrogens (tertiary/aromatic N) is 2. The molecule has 7 nitrogen and oxygen atoms in total. The fourth-order valence-corrected chi connectivity index (χ4v) is 5.28. The van der Waals surface area contributed by atoms with Crippen LogP contribution in [0, 0.1) is 0 Å². The Morgan fingerprint density at radius 3 is 2.27 bits per heavy atom. The van der Waals surface area contributed by atoms with E-state index in [9.17, 15) is 18.0 Å². The summed E-state index contributed by atoms with van der Waals surface area (Å²) in [5, 5.41) is 3.13. The van der Waals surface area contributed by atoms with E-state index >= 15 is 0 Å². The fourth-order valence-electron chi connectivity index (χ4n) is 4.45. The molecule has 3 rings (SSSR count). The molecule has 1 aliphatic carbocycles. The Morgan fingerprint density at radius 1 is 1.13 bits per heavy atom. The van der Waals surface area contributed by atoms with Gasteiger partial charge in [-0.15, -0.1) is 0 Å². The third-order valence-electron chi connectivity index (χ3n) is 6.29. The van der Waals surface area contributed by atoms with Gasteiger partial charge in [0.1, 0.15) is 5.54 Å². The number of hydrogen-bond donors (Lipinski definition) is 1. The SMILES string of the molecule is CCc1ccc(N2C(=O)CN(S(C)(=O)=O)C[C@]2(C)C(=O)NC2CCCCCC2)cc1. The van der Waals surface area contributed by atoms with Crippen molar-refractivity contribution in [2.24, 2.45) is 0 Å². The lowest BCUT2D eigenvalue weighted by Gasteiger charge is -2.47. The average Bonchev–Trinajstić information content (AvgIpc) is 2.96. The van der Waals surface area contributed by atoms with Gasteiger partial charge < -0.3 is 5.32 Å². The fraction of sp³-hybridized carbons (Fsp3) is 0.636. The third kappa shape index (κ3) is 4.86. The van der Waals surface area contributed by atoms with Gasteiger partial charge in [0.05, 0.1) is 12.8 Å². The summed E-state index contributed by atoms with van der Waals surface area (Å²) in [7, 11) is -3.61. The minimum absolute atomic E-state index is 0.0601. The maximum absolute atomic E-state index is 13.5. The maximum atomic E-state index is 13.5. The number of aryl methyl sites for hydroxylation is 1. The van der Waals surface area contributed by atoms with E-state index < -0.39 is 21.5 Å². The standard InChI is InChI=1S/C22H33N3O4S/c1-4-17-11-13-19(14-12-17)25-20(26)15-24(30(3,28)29)16-22(25,2)21(27)23-18-9-7-5-6-8-10-18/h11-14,18H,4-10,15-16H2,1-3H3,(H,23,27)/t22-/m1/s1. The minimum atomic E-state index is -3.61. The molecule has 2 aliphatic rings. The first-order valence-electron chi connectivity index (χ1n) is 10.8. The van der Waals surface area contributed by atoms with Gasteiger partial charge in [0, 0.05) is 18.3 Å². The summed E-state index contributed by atoms with van der Waals surface area (Å²) in [6.45, 7) is 3.39. The molecule has 0 unspecified atom stereocenters. The van der Waals surface area contributed by atoms with Gasteiger partial charge in [0.2, 0.25) is 21.8 Å². The predicted molar refractivity (Wildman–Crippen MR) is 118 cm³/mol. The molecule has 0 spiro atoms. The molecule has 1 N–H and O–H groups in total. The van der Waals surface area contributed by atoms with Crippen LogP contribution in [-0.2, 0) is 26.0 Å². The number of carbonyl (C=O) groups is 2. The van der Waals surface area contributed by atoms with Crippen LogP contribution in [0.4, 0.5) is 5.69 Å². The molecule has 0 radical (unpaired) electrons. The van der Waals surface area contributed by atoms with Gasteiger partial charge in [-0.05, 0) is 43.9 Å². The molecule has 1 aliphatic heterocycles. The second-order valence-corrected chi connectivity index (χ2v) is 10.7. The van der Waals surface area contributed by atoms with Gasteiger partial charge in [-0.1, -0.05) is 44.7 Å². The molecule has 30 heavy (non-hydrogen) atoms. The molecule has 2 amide bonds. The quantitative estimate of drug-likeness (QED) is 0.720. The van der Waals surface area contributed by atoms with Crippen LogP contribution in [0.15, 0.2) is 24.3 Å². The van der Waals surface area contributed by atoms with Gasteiger partial charge in [-0.3, -0.25) is 14.5 Å². The Hall–Kier alpha value is -1.93. The number of sulfonamides is 1. The Morgan fingerprint density at radius 2 is 1.73 bits per heavy atom. The Kier molecular flexibility index (Phi) is 6.87. The highest BCUT2D eigenvalue weighted by Crippen LogP contribution is 2.31. The lowest BCUT2D eigenvalue weighted by atomic mass is 9.93. The molecular weight excluding hydrogens is 402 g/mol. The van der Waals surface area contributed by atoms with Crippen LogP contribution in [0.25, 0.3) is 0 Å². The lowest BCUT2D eigenvalue weighted by Crippen LogP contribution is -2.70. The zero-order valence-corrected chi connectivity index (χ0v) is 19.0. The molecule has 1 aromatic rings. The Balaban J connectivity index is 1.95. The highest BCUT2D eigenvalue weighted by molar-refractivity contribution is 7.88. The molecule has 2 fully saturated rings. The highest BCUT2D eigenvalue weighted by atomic mass is 32.2. The summed E-state index contributed by atoms with van der Waals surface area (Å²) in [5.41, 5.74) is 0.424. The van der Waals surface area contributed by atoms with Crippen LogP contribution < -0.4 is 10.2 Å². The Bertz CT molecular complexity index is 876. The zero-order chi connectivity index (χ0) is 21.9. The number of anilines is 1. The van der Waals surface area contributed by atoms with Gasteiger partial charge in [-0.25, -0.2) is 8.42 Å². The van der Waals surface area contributed by atoms with Gasteiger partial charge >= 0.3 is 0 Å². The van der Waals surface area contributed by atoms with Crippen LogP contribution in [0.1, 0.15) is 57.9 Å². The van der Waals surface area contributed by atoms with Crippen LogP contribution in [0.5, 0.6) is 0 Å². The molecule has 1 heterocycles. The van der Waals surface area contributed by atoms with E-state index in [0.717, 1.165) is 48.2 Å². The van der Waals surface area contributed by atoms with Crippen molar-refractivity contribution in [1.29, 1.82) is 0 Å². The summed E-state index contributed by atoms with van der Waals surface area (Å²) < 4.78 is 25.6. The van der Waals surface area contributed by atoms with Crippen molar-refractivity contribution in [1.82, 2.24) is 9.62 Å². The Labute approximate surface area is 179 Å². The number of rotatable bonds is 5. The number of amides is 2. The van der Waals surface area contributed by atoms with E-state index in [4.69, 9.17) is 0 Å². The smallest absolute Gasteiger partial charge is 0.247 e. The summed E-state index contributed by atoms with van der Waals surface area (Å²) in [6.07, 6.45) is 8.24. The van der Waals surface area contributed by atoms with E-state index in [2.05, 4.69) is 12.2 Å². The first kappa shape index (κ1) is 22.7. The van der Waals surface area contributed by atoms with E-state index in [1.165, 1.54) is 17.7 Å². The summed E-state index contributed by atoms with van der Waals surface area (Å²) in [5.74, 6) is -0.690. The zero-order valence-electron chi connectivity index (χ0n) is 18.2. The largest absolute Gasteiger partial charge is 0.351 e. The van der Waals surface area contributed by atoms with Crippen molar-refractivity contribution in [2.45, 2.75) is 70.4 Å². The summed E-state index contributed by atoms with van der Waals surface area (Å²) in [6, 6.07) is 7.61. The minimum Gasteiger partial charge on any atom is -0.351 e. The van der Waals surface area contributed by atoms with E-state index in [0.29, 0.717) is 5.69 Å². The molecule has 0 aromatic heterocycles. The summed E-state index contributed by atoms with van der Waals surface area (Å²) >= 11 is 0. The number of nitrogens with one attached hydrogen (secondary N) is 1. The summed E-state index contributed by atoms with van der Waals surface area (Å²) in [4.78, 5) is 28.1. The molecular formula is C22H33N3O4S. The molecule has 1 aromatic carbocycles. The van der Waals surface area contributed by atoms with Gasteiger partial charge in [-0.2, -0.15) is 4.31 Å². The predicted octanol–water partition coefficient (Wildman–Crippen LogP) is 2.45. The van der Waals surface area contributed by atoms with Gasteiger partial charge in [0.25, 0.3) is 0 Å². The second-order valence-electron chi connectivity index (χ2n) is 8.72. The van der Waals surface area contributed by atoms with Crippen molar-refractivity contribution in [3.8, 4) is 0 Å². The van der Waals surface area contributed by atoms with Crippen LogP contribution in [0.2, 0.25) is 0 Å². The maximum Gasteiger partial charge on any atom is 0.247 e. The molecule has 1 saturated heterocycles. The van der Waals surface area contributed by atoms with E-state index in [1.807, 2.05) is 24.3 Å². The molecule has 0 bridgehead atoms. The van der Waals surface area contributed by atoms with Crippen molar-refractivity contribution in [2.75, 3.05) is 24.2 Å². The number of hydrogen-bond acceptors (Lipinski definition) is 4. The topological polar surface area (TPSA) is 86.8 Å². The average molecular weight is 436 g/mol. The highest BCUT2D eigenvalue weighted by Gasteiger charge is 2.50. The molecule has 1 saturated carbocycles. The van der Waals surface area contributed by atoms with Crippen molar-refractivity contribution >= 4 is 27.5 Å². The monoisotopic (exact) mass is 435 g/mol. The number of carbonyl (C=O) groups excluding carboxylic acids is 2. The van der Waals surface area contributed by atoms with Crippen molar-refractivity contribution < 1.29 is 18.0 Å². The second kappa shape index (κ2) is 9.06. The molecule has 1 atom stereocenters. The van der Waals surface area contributed by atoms with Crippen LogP contribution in [0.3, 0.4) is 0 Å². The van der Waals surface area contributed by atoms with Crippen LogP contribution >= 0.6 is 0 Å². The number of piperazine rings is 1. The van der Waals surface area contributed by atoms with Gasteiger partial charge in [0.15, 0.2) is 0 Å². The first-order chi connectivity index (χ1) is 14.1. The van der Waals surface area contributed by atoms with E-state index in [1.54, 1.807) is 6.92 Å². The number of benzene rings is 1. The molecule has 8 heteroatoms. The normalized spacial score (nSPS) is 24.5. The third-order valence-corrected chi connectivity index (χ3v) is 7.49. The lowest BCUT2D eigenvalue weighted by molar-refractivity contribution is -0.133. The van der Waals surface area contributed by atoms with Crippen LogP contribution in [-0.4, -0.2) is 55.5 Å².